The van der Waals surface area contributed by atoms with Crippen LogP contribution in [0.3, 0.4) is 0 Å². The van der Waals surface area contributed by atoms with E-state index in [0.29, 0.717) is 18.1 Å². The third-order valence-electron chi connectivity index (χ3n) is 2.87. The van der Waals surface area contributed by atoms with Gasteiger partial charge in [-0.25, -0.2) is 4.98 Å². The van der Waals surface area contributed by atoms with Crippen LogP contribution in [0.4, 0.5) is 0 Å². The van der Waals surface area contributed by atoms with Crippen LogP contribution in [-0.4, -0.2) is 19.7 Å². The van der Waals surface area contributed by atoms with Gasteiger partial charge in [0.2, 0.25) is 6.39 Å². The molecule has 19 heavy (non-hydrogen) atoms. The molecule has 2 heterocycles. The summed E-state index contributed by atoms with van der Waals surface area (Å²) in [5, 5.41) is 3.81. The van der Waals surface area contributed by atoms with Crippen LogP contribution < -0.4 is 0 Å². The van der Waals surface area contributed by atoms with Crippen molar-refractivity contribution < 1.29 is 4.52 Å². The zero-order valence-corrected chi connectivity index (χ0v) is 12.8. The molecule has 0 fully saturated rings. The van der Waals surface area contributed by atoms with Gasteiger partial charge in [-0.05, 0) is 40.8 Å². The number of hydrogen-bond donors (Lipinski definition) is 0. The first-order valence-electron chi connectivity index (χ1n) is 5.74. The van der Waals surface area contributed by atoms with E-state index in [1.54, 1.807) is 0 Å². The van der Waals surface area contributed by atoms with Crippen LogP contribution in [-0.2, 0) is 18.8 Å². The number of nitrogens with zero attached hydrogens (tertiary/aromatic N) is 4. The molecule has 2 aromatic heterocycles. The minimum atomic E-state index is 0.386. The molecule has 0 N–H and O–H groups in total. The standard InChI is InChI=1S/C12H10ClIN4O/c13-6-12-16-9-5-8(14)1-2-10(9)18(12)4-3-11-15-7-19-17-11/h1-2,5,7H,3-4,6H2. The highest BCUT2D eigenvalue weighted by atomic mass is 127. The molecule has 0 aliphatic carbocycles. The molecule has 0 unspecified atom stereocenters. The quantitative estimate of drug-likeness (QED) is 0.509. The van der Waals surface area contributed by atoms with Gasteiger partial charge in [0, 0.05) is 16.5 Å². The fourth-order valence-electron chi connectivity index (χ4n) is 2.02. The van der Waals surface area contributed by atoms with Gasteiger partial charge in [0.05, 0.1) is 16.9 Å². The summed E-state index contributed by atoms with van der Waals surface area (Å²) >= 11 is 8.25. The van der Waals surface area contributed by atoms with Gasteiger partial charge in [0.15, 0.2) is 5.82 Å². The summed E-state index contributed by atoms with van der Waals surface area (Å²) in [5.74, 6) is 1.94. The number of aryl methyl sites for hydroxylation is 2. The second kappa shape index (κ2) is 5.46. The van der Waals surface area contributed by atoms with Crippen LogP contribution >= 0.6 is 34.2 Å². The minimum absolute atomic E-state index is 0.386. The molecule has 0 radical (unpaired) electrons. The van der Waals surface area contributed by atoms with Crippen molar-refractivity contribution >= 4 is 45.2 Å². The summed E-state index contributed by atoms with van der Waals surface area (Å²) in [7, 11) is 0. The lowest BCUT2D eigenvalue weighted by Gasteiger charge is -2.05. The molecule has 98 valence electrons. The smallest absolute Gasteiger partial charge is 0.213 e. The van der Waals surface area contributed by atoms with E-state index in [1.165, 1.54) is 6.39 Å². The predicted molar refractivity (Wildman–Crippen MR) is 80.0 cm³/mol. The number of hydrogen-bond acceptors (Lipinski definition) is 4. The normalized spacial score (nSPS) is 11.3. The maximum Gasteiger partial charge on any atom is 0.213 e. The molecule has 0 atom stereocenters. The van der Waals surface area contributed by atoms with Crippen LogP contribution in [0.1, 0.15) is 11.6 Å². The van der Waals surface area contributed by atoms with E-state index in [0.717, 1.165) is 27.0 Å². The first-order valence-corrected chi connectivity index (χ1v) is 7.35. The molecule has 0 aliphatic rings. The van der Waals surface area contributed by atoms with Crippen LogP contribution in [0.15, 0.2) is 29.1 Å². The lowest BCUT2D eigenvalue weighted by Crippen LogP contribution is -2.06. The van der Waals surface area contributed by atoms with Gasteiger partial charge in [-0.15, -0.1) is 11.6 Å². The number of rotatable bonds is 4. The molecule has 1 aromatic carbocycles. The van der Waals surface area contributed by atoms with E-state index in [9.17, 15) is 0 Å². The van der Waals surface area contributed by atoms with Crippen molar-refractivity contribution in [3.8, 4) is 0 Å². The van der Waals surface area contributed by atoms with Crippen LogP contribution in [0, 0.1) is 3.57 Å². The Kier molecular flexibility index (Phi) is 3.69. The van der Waals surface area contributed by atoms with E-state index in [2.05, 4.69) is 60.5 Å². The fourth-order valence-corrected chi connectivity index (χ4v) is 2.70. The van der Waals surface area contributed by atoms with Crippen molar-refractivity contribution in [3.05, 3.63) is 39.8 Å². The van der Waals surface area contributed by atoms with E-state index in [4.69, 9.17) is 16.1 Å². The number of fused-ring (bicyclic) bond motifs is 1. The van der Waals surface area contributed by atoms with Crippen molar-refractivity contribution in [1.29, 1.82) is 0 Å². The first kappa shape index (κ1) is 12.9. The van der Waals surface area contributed by atoms with E-state index < -0.39 is 0 Å². The van der Waals surface area contributed by atoms with Crippen molar-refractivity contribution in [2.75, 3.05) is 0 Å². The monoisotopic (exact) mass is 388 g/mol. The molecule has 0 saturated heterocycles. The van der Waals surface area contributed by atoms with E-state index in [-0.39, 0.29) is 0 Å². The zero-order valence-electron chi connectivity index (χ0n) is 9.88. The number of aromatic nitrogens is 4. The highest BCUT2D eigenvalue weighted by molar-refractivity contribution is 14.1. The Balaban J connectivity index is 1.96. The average molecular weight is 389 g/mol. The molecule has 0 aliphatic heterocycles. The Bertz CT molecular complexity index is 695. The molecule has 7 heteroatoms. The molecule has 3 aromatic rings. The van der Waals surface area contributed by atoms with Gasteiger partial charge in [-0.2, -0.15) is 4.98 Å². The second-order valence-corrected chi connectivity index (χ2v) is 5.56. The molecular formula is C12H10ClIN4O. The predicted octanol–water partition coefficient (Wildman–Crippen LogP) is 3.01. The fraction of sp³-hybridized carbons (Fsp3) is 0.250. The Morgan fingerprint density at radius 1 is 1.37 bits per heavy atom. The van der Waals surface area contributed by atoms with Crippen molar-refractivity contribution in [3.63, 3.8) is 0 Å². The molecular weight excluding hydrogens is 379 g/mol. The van der Waals surface area contributed by atoms with Crippen LogP contribution in [0.25, 0.3) is 11.0 Å². The van der Waals surface area contributed by atoms with Crippen LogP contribution in [0.2, 0.25) is 0 Å². The van der Waals surface area contributed by atoms with Gasteiger partial charge >= 0.3 is 0 Å². The lowest BCUT2D eigenvalue weighted by molar-refractivity contribution is 0.408. The number of alkyl halides is 1. The second-order valence-electron chi connectivity index (χ2n) is 4.04. The third kappa shape index (κ3) is 2.59. The molecule has 0 spiro atoms. The van der Waals surface area contributed by atoms with Gasteiger partial charge < -0.3 is 9.09 Å². The van der Waals surface area contributed by atoms with Gasteiger partial charge in [-0.3, -0.25) is 0 Å². The van der Waals surface area contributed by atoms with Gasteiger partial charge in [0.1, 0.15) is 5.82 Å². The van der Waals surface area contributed by atoms with Crippen molar-refractivity contribution in [2.45, 2.75) is 18.8 Å². The Morgan fingerprint density at radius 3 is 3.00 bits per heavy atom. The Hall–Kier alpha value is -1.15. The summed E-state index contributed by atoms with van der Waals surface area (Å²) in [5.41, 5.74) is 2.05. The van der Waals surface area contributed by atoms with Crippen LogP contribution in [0.5, 0.6) is 0 Å². The summed E-state index contributed by atoms with van der Waals surface area (Å²) < 4.78 is 8.00. The maximum atomic E-state index is 5.97. The topological polar surface area (TPSA) is 56.7 Å². The van der Waals surface area contributed by atoms with Crippen molar-refractivity contribution in [2.24, 2.45) is 0 Å². The maximum absolute atomic E-state index is 5.97. The zero-order chi connectivity index (χ0) is 13.2. The number of benzene rings is 1. The average Bonchev–Trinajstić information content (AvgIpc) is 3.02. The molecule has 3 rings (SSSR count). The largest absolute Gasteiger partial charge is 0.343 e. The van der Waals surface area contributed by atoms with Gasteiger partial charge in [-0.1, -0.05) is 5.16 Å². The summed E-state index contributed by atoms with van der Waals surface area (Å²) in [4.78, 5) is 8.57. The highest BCUT2D eigenvalue weighted by Crippen LogP contribution is 2.20. The summed E-state index contributed by atoms with van der Waals surface area (Å²) in [6, 6.07) is 6.18. The number of halogens is 2. The Morgan fingerprint density at radius 2 is 2.26 bits per heavy atom. The molecule has 0 saturated carbocycles. The lowest BCUT2D eigenvalue weighted by atomic mass is 10.3. The highest BCUT2D eigenvalue weighted by Gasteiger charge is 2.11. The molecule has 0 bridgehead atoms. The molecule has 5 nitrogen and oxygen atoms in total. The third-order valence-corrected chi connectivity index (χ3v) is 3.78. The Labute approximate surface area is 128 Å². The van der Waals surface area contributed by atoms with Crippen molar-refractivity contribution in [1.82, 2.24) is 19.7 Å². The summed E-state index contributed by atoms with van der Waals surface area (Å²) in [6.45, 7) is 0.735. The molecule has 0 amide bonds. The van der Waals surface area contributed by atoms with Gasteiger partial charge in [0.25, 0.3) is 0 Å². The minimum Gasteiger partial charge on any atom is -0.343 e. The first-order chi connectivity index (χ1) is 9.28. The summed E-state index contributed by atoms with van der Waals surface area (Å²) in [6.07, 6.45) is 2.03. The SMILES string of the molecule is ClCc1nc2cc(I)ccc2n1CCc1ncon1. The van der Waals surface area contributed by atoms with E-state index >= 15 is 0 Å². The number of imidazole rings is 1. The van der Waals surface area contributed by atoms with E-state index in [1.807, 2.05) is 0 Å².